The molecule has 0 aliphatic carbocycles. The molecule has 1 heterocycles. The number of carboxylic acids is 1. The molecule has 0 radical (unpaired) electrons. The third-order valence-corrected chi connectivity index (χ3v) is 3.44. The number of rotatable bonds is 5. The van der Waals surface area contributed by atoms with E-state index in [0.29, 0.717) is 19.1 Å². The predicted octanol–water partition coefficient (Wildman–Crippen LogP) is -0.442. The number of aliphatic hydroxyl groups excluding tert-OH is 1. The highest BCUT2D eigenvalue weighted by Crippen LogP contribution is 2.08. The molecule has 0 aromatic carbocycles. The van der Waals surface area contributed by atoms with Crippen molar-refractivity contribution in [3.05, 3.63) is 0 Å². The molecular weight excluding hydrogens is 250 g/mol. The van der Waals surface area contributed by atoms with Gasteiger partial charge in [0.05, 0.1) is 0 Å². The topological polar surface area (TPSA) is 93.1 Å². The van der Waals surface area contributed by atoms with Crippen LogP contribution in [-0.2, 0) is 4.79 Å². The van der Waals surface area contributed by atoms with Gasteiger partial charge < -0.3 is 20.4 Å². The number of nitrogens with zero attached hydrogens (tertiary/aromatic N) is 2. The molecular formula is C12H23N3O4. The van der Waals surface area contributed by atoms with Crippen LogP contribution in [0.15, 0.2) is 0 Å². The number of amides is 2. The van der Waals surface area contributed by atoms with E-state index in [-0.39, 0.29) is 19.0 Å². The summed E-state index contributed by atoms with van der Waals surface area (Å²) in [7, 11) is 0. The molecule has 2 atom stereocenters. The summed E-state index contributed by atoms with van der Waals surface area (Å²) in [5, 5.41) is 20.2. The van der Waals surface area contributed by atoms with Crippen LogP contribution in [0.25, 0.3) is 0 Å². The zero-order chi connectivity index (χ0) is 14.4. The van der Waals surface area contributed by atoms with Crippen LogP contribution in [-0.4, -0.2) is 76.9 Å². The van der Waals surface area contributed by atoms with Gasteiger partial charge in [0.25, 0.3) is 0 Å². The average Bonchev–Trinajstić information content (AvgIpc) is 2.38. The van der Waals surface area contributed by atoms with Gasteiger partial charge in [-0.2, -0.15) is 0 Å². The van der Waals surface area contributed by atoms with Gasteiger partial charge in [-0.05, 0) is 13.5 Å². The van der Waals surface area contributed by atoms with Gasteiger partial charge in [-0.1, -0.05) is 6.92 Å². The van der Waals surface area contributed by atoms with Crippen molar-refractivity contribution in [1.82, 2.24) is 15.1 Å². The summed E-state index contributed by atoms with van der Waals surface area (Å²) in [6.07, 6.45) is -1.40. The van der Waals surface area contributed by atoms with Crippen molar-refractivity contribution in [2.24, 2.45) is 0 Å². The second kappa shape index (κ2) is 7.30. The fourth-order valence-electron chi connectivity index (χ4n) is 2.20. The monoisotopic (exact) mass is 273 g/mol. The fourth-order valence-corrected chi connectivity index (χ4v) is 2.20. The summed E-state index contributed by atoms with van der Waals surface area (Å²) < 4.78 is 0. The van der Waals surface area contributed by atoms with E-state index < -0.39 is 12.1 Å². The Hall–Kier alpha value is -1.34. The number of carboxylic acid groups (broad SMARTS) is 1. The molecule has 3 N–H and O–H groups in total. The van der Waals surface area contributed by atoms with Crippen molar-refractivity contribution in [3.8, 4) is 0 Å². The second-order valence-corrected chi connectivity index (χ2v) is 4.80. The first kappa shape index (κ1) is 15.7. The lowest BCUT2D eigenvalue weighted by molar-refractivity contribution is -0.146. The fraction of sp³-hybridized carbons (Fsp3) is 0.833. The molecule has 2 unspecified atom stereocenters. The molecule has 1 rings (SSSR count). The molecule has 0 saturated carbocycles. The highest BCUT2D eigenvalue weighted by Gasteiger charge is 2.25. The zero-order valence-corrected chi connectivity index (χ0v) is 11.5. The number of piperazine rings is 1. The number of urea groups is 1. The maximum Gasteiger partial charge on any atom is 0.332 e. The molecule has 0 aromatic heterocycles. The van der Waals surface area contributed by atoms with Crippen LogP contribution in [0.5, 0.6) is 0 Å². The van der Waals surface area contributed by atoms with E-state index in [1.54, 1.807) is 4.90 Å². The van der Waals surface area contributed by atoms with Crippen molar-refractivity contribution in [3.63, 3.8) is 0 Å². The summed E-state index contributed by atoms with van der Waals surface area (Å²) >= 11 is 0. The molecule has 1 saturated heterocycles. The summed E-state index contributed by atoms with van der Waals surface area (Å²) in [5.41, 5.74) is 0. The van der Waals surface area contributed by atoms with Crippen LogP contribution in [0, 0.1) is 0 Å². The largest absolute Gasteiger partial charge is 0.479 e. The third kappa shape index (κ3) is 4.68. The van der Waals surface area contributed by atoms with Gasteiger partial charge in [0.1, 0.15) is 0 Å². The molecule has 7 nitrogen and oxygen atoms in total. The number of carbonyl (C=O) groups is 2. The smallest absolute Gasteiger partial charge is 0.332 e. The molecule has 1 aliphatic rings. The average molecular weight is 273 g/mol. The summed E-state index contributed by atoms with van der Waals surface area (Å²) in [6, 6.07) is 0.134. The van der Waals surface area contributed by atoms with E-state index in [2.05, 4.69) is 24.1 Å². The van der Waals surface area contributed by atoms with Crippen molar-refractivity contribution in [2.75, 3.05) is 32.7 Å². The van der Waals surface area contributed by atoms with Crippen LogP contribution in [0.1, 0.15) is 20.3 Å². The molecule has 110 valence electrons. The Bertz CT molecular complexity index is 324. The van der Waals surface area contributed by atoms with Crippen LogP contribution >= 0.6 is 0 Å². The molecule has 0 spiro atoms. The van der Waals surface area contributed by atoms with Crippen molar-refractivity contribution >= 4 is 12.0 Å². The Balaban J connectivity index is 2.29. The number of carbonyl (C=O) groups excluding carboxylic acids is 1. The van der Waals surface area contributed by atoms with Gasteiger partial charge in [0, 0.05) is 38.6 Å². The van der Waals surface area contributed by atoms with Gasteiger partial charge in [-0.15, -0.1) is 0 Å². The van der Waals surface area contributed by atoms with Crippen molar-refractivity contribution in [2.45, 2.75) is 32.4 Å². The van der Waals surface area contributed by atoms with Gasteiger partial charge in [-0.25, -0.2) is 9.59 Å². The minimum Gasteiger partial charge on any atom is -0.479 e. The Morgan fingerprint density at radius 2 is 2.11 bits per heavy atom. The first-order valence-electron chi connectivity index (χ1n) is 6.63. The normalized spacial score (nSPS) is 22.1. The van der Waals surface area contributed by atoms with E-state index in [4.69, 9.17) is 10.2 Å². The molecule has 2 amide bonds. The Morgan fingerprint density at radius 3 is 2.63 bits per heavy atom. The van der Waals surface area contributed by atoms with Gasteiger partial charge in [0.2, 0.25) is 0 Å². The number of likely N-dealkylation sites (N-methyl/N-ethyl adjacent to an activating group) is 1. The number of aliphatic hydroxyl groups is 1. The quantitative estimate of drug-likeness (QED) is 0.631. The molecule has 0 aromatic rings. The van der Waals surface area contributed by atoms with Crippen LogP contribution in [0.2, 0.25) is 0 Å². The Kier molecular flexibility index (Phi) is 6.04. The lowest BCUT2D eigenvalue weighted by Gasteiger charge is -2.39. The standard InChI is InChI=1S/C12H23N3O4/c1-3-14-6-7-15(8-9(14)2)12(19)13-5-4-10(16)11(17)18/h9-10,16H,3-8H2,1-2H3,(H,13,19)(H,17,18). The van der Waals surface area contributed by atoms with E-state index in [1.807, 2.05) is 0 Å². The minimum atomic E-state index is -1.42. The number of hydrogen-bond acceptors (Lipinski definition) is 4. The molecule has 1 aliphatic heterocycles. The molecule has 0 bridgehead atoms. The number of nitrogens with one attached hydrogen (secondary N) is 1. The van der Waals surface area contributed by atoms with Crippen molar-refractivity contribution in [1.29, 1.82) is 0 Å². The van der Waals surface area contributed by atoms with Gasteiger partial charge in [-0.3, -0.25) is 4.90 Å². The third-order valence-electron chi connectivity index (χ3n) is 3.44. The lowest BCUT2D eigenvalue weighted by Crippen LogP contribution is -2.55. The van der Waals surface area contributed by atoms with Gasteiger partial charge in [0.15, 0.2) is 6.10 Å². The Labute approximate surface area is 113 Å². The number of aliphatic carboxylic acids is 1. The second-order valence-electron chi connectivity index (χ2n) is 4.80. The SMILES string of the molecule is CCN1CCN(C(=O)NCCC(O)C(=O)O)CC1C. The van der Waals surface area contributed by atoms with Crippen LogP contribution < -0.4 is 5.32 Å². The first-order chi connectivity index (χ1) is 8.95. The Morgan fingerprint density at radius 1 is 1.42 bits per heavy atom. The van der Waals surface area contributed by atoms with E-state index >= 15 is 0 Å². The van der Waals surface area contributed by atoms with E-state index in [0.717, 1.165) is 13.1 Å². The lowest BCUT2D eigenvalue weighted by atomic mass is 10.2. The highest BCUT2D eigenvalue weighted by atomic mass is 16.4. The maximum atomic E-state index is 11.9. The number of hydrogen-bond donors (Lipinski definition) is 3. The minimum absolute atomic E-state index is 0.0194. The zero-order valence-electron chi connectivity index (χ0n) is 11.5. The molecule has 7 heteroatoms. The summed E-state index contributed by atoms with van der Waals surface area (Å²) in [5.74, 6) is -1.26. The maximum absolute atomic E-state index is 11.9. The summed E-state index contributed by atoms with van der Waals surface area (Å²) in [6.45, 7) is 7.50. The summed E-state index contributed by atoms with van der Waals surface area (Å²) in [4.78, 5) is 26.3. The predicted molar refractivity (Wildman–Crippen MR) is 69.9 cm³/mol. The molecule has 1 fully saturated rings. The van der Waals surface area contributed by atoms with Crippen molar-refractivity contribution < 1.29 is 19.8 Å². The first-order valence-corrected chi connectivity index (χ1v) is 6.63. The van der Waals surface area contributed by atoms with Gasteiger partial charge >= 0.3 is 12.0 Å². The van der Waals surface area contributed by atoms with Crippen LogP contribution in [0.3, 0.4) is 0 Å². The molecule has 19 heavy (non-hydrogen) atoms. The highest BCUT2D eigenvalue weighted by molar-refractivity contribution is 5.75. The van der Waals surface area contributed by atoms with Crippen LogP contribution in [0.4, 0.5) is 4.79 Å². The van der Waals surface area contributed by atoms with E-state index in [9.17, 15) is 9.59 Å². The van der Waals surface area contributed by atoms with E-state index in [1.165, 1.54) is 0 Å².